The molecule has 1 nitrogen and oxygen atoms in total. The molecule has 1 aliphatic carbocycles. The number of thioether (sulfide) groups is 2. The third-order valence-electron chi connectivity index (χ3n) is 4.13. The second-order valence-electron chi connectivity index (χ2n) is 5.40. The molecule has 1 N–H and O–H groups in total. The van der Waals surface area contributed by atoms with Gasteiger partial charge in [-0.3, -0.25) is 0 Å². The number of benzene rings is 1. The molecule has 0 atom stereocenters. The predicted octanol–water partition coefficient (Wildman–Crippen LogP) is 4.56. The van der Waals surface area contributed by atoms with Gasteiger partial charge in [-0.1, -0.05) is 31.4 Å². The van der Waals surface area contributed by atoms with Gasteiger partial charge in [-0.05, 0) is 43.0 Å². The molecule has 1 aromatic rings. The molecule has 0 aliphatic heterocycles. The second-order valence-corrected chi connectivity index (χ2v) is 7.55. The summed E-state index contributed by atoms with van der Waals surface area (Å²) in [5.74, 6) is 0. The van der Waals surface area contributed by atoms with Gasteiger partial charge < -0.3 is 5.32 Å². The third kappa shape index (κ3) is 4.44. The minimum Gasteiger partial charge on any atom is -0.311 e. The first kappa shape index (κ1) is 15.3. The molecule has 3 heteroatoms. The molecule has 0 spiro atoms. The van der Waals surface area contributed by atoms with Crippen LogP contribution in [0.3, 0.4) is 0 Å². The Kier molecular flexibility index (Phi) is 6.11. The zero-order chi connectivity index (χ0) is 13.6. The molecule has 2 rings (SSSR count). The first-order chi connectivity index (χ1) is 9.28. The normalized spacial score (nSPS) is 18.4. The third-order valence-corrected chi connectivity index (χ3v) is 6.30. The highest BCUT2D eigenvalue weighted by Crippen LogP contribution is 2.37. The first-order valence-corrected chi connectivity index (χ1v) is 9.62. The van der Waals surface area contributed by atoms with Crippen LogP contribution in [0.25, 0.3) is 0 Å². The number of hydrogen-bond acceptors (Lipinski definition) is 3. The predicted molar refractivity (Wildman–Crippen MR) is 89.3 cm³/mol. The highest BCUT2D eigenvalue weighted by molar-refractivity contribution is 8.00. The van der Waals surface area contributed by atoms with Crippen LogP contribution in [-0.4, -0.2) is 23.8 Å². The minimum atomic E-state index is 0.497. The highest BCUT2D eigenvalue weighted by Gasteiger charge is 2.30. The van der Waals surface area contributed by atoms with Crippen LogP contribution < -0.4 is 5.32 Å². The Morgan fingerprint density at radius 1 is 1.05 bits per heavy atom. The number of nitrogens with one attached hydrogen (secondary N) is 1. The molecule has 106 valence electrons. The van der Waals surface area contributed by atoms with E-state index in [0.29, 0.717) is 4.75 Å². The Hall–Kier alpha value is -0.120. The van der Waals surface area contributed by atoms with E-state index in [4.69, 9.17) is 0 Å². The van der Waals surface area contributed by atoms with Crippen LogP contribution in [-0.2, 0) is 6.54 Å². The minimum absolute atomic E-state index is 0.497. The summed E-state index contributed by atoms with van der Waals surface area (Å²) in [6.45, 7) is 2.15. The zero-order valence-electron chi connectivity index (χ0n) is 12.1. The van der Waals surface area contributed by atoms with Crippen molar-refractivity contribution < 1.29 is 0 Å². The van der Waals surface area contributed by atoms with Crippen molar-refractivity contribution in [3.05, 3.63) is 29.8 Å². The summed E-state index contributed by atoms with van der Waals surface area (Å²) in [6.07, 6.45) is 11.4. The Labute approximate surface area is 126 Å². The summed E-state index contributed by atoms with van der Waals surface area (Å²) in [5, 5.41) is 3.67. The molecule has 1 aromatic carbocycles. The van der Waals surface area contributed by atoms with E-state index in [-0.39, 0.29) is 0 Å². The van der Waals surface area contributed by atoms with E-state index < -0.39 is 0 Å². The van der Waals surface area contributed by atoms with Gasteiger partial charge in [-0.25, -0.2) is 0 Å². The van der Waals surface area contributed by atoms with E-state index in [1.54, 1.807) is 11.8 Å². The largest absolute Gasteiger partial charge is 0.311 e. The first-order valence-electron chi connectivity index (χ1n) is 7.17. The molecule has 0 heterocycles. The van der Waals surface area contributed by atoms with Crippen molar-refractivity contribution in [1.82, 2.24) is 5.32 Å². The van der Waals surface area contributed by atoms with Gasteiger partial charge in [0, 0.05) is 22.7 Å². The molecular weight excluding hydrogens is 270 g/mol. The van der Waals surface area contributed by atoms with Crippen molar-refractivity contribution in [2.24, 2.45) is 0 Å². The molecule has 19 heavy (non-hydrogen) atoms. The van der Waals surface area contributed by atoms with Crippen molar-refractivity contribution in [1.29, 1.82) is 0 Å². The van der Waals surface area contributed by atoms with Crippen molar-refractivity contribution in [3.63, 3.8) is 0 Å². The van der Waals surface area contributed by atoms with Crippen molar-refractivity contribution in [2.45, 2.75) is 48.3 Å². The van der Waals surface area contributed by atoms with Gasteiger partial charge in [0.2, 0.25) is 0 Å². The molecule has 1 aliphatic rings. The van der Waals surface area contributed by atoms with Crippen molar-refractivity contribution in [2.75, 3.05) is 19.1 Å². The molecule has 0 saturated heterocycles. The fourth-order valence-electron chi connectivity index (χ4n) is 2.83. The smallest absolute Gasteiger partial charge is 0.0281 e. The Morgan fingerprint density at radius 3 is 2.32 bits per heavy atom. The Bertz CT molecular complexity index is 369. The van der Waals surface area contributed by atoms with Gasteiger partial charge in [0.25, 0.3) is 0 Å². The van der Waals surface area contributed by atoms with E-state index in [9.17, 15) is 0 Å². The monoisotopic (exact) mass is 295 g/mol. The fraction of sp³-hybridized carbons (Fsp3) is 0.625. The fourth-order valence-corrected chi connectivity index (χ4v) is 4.18. The van der Waals surface area contributed by atoms with E-state index in [2.05, 4.69) is 53.9 Å². The highest BCUT2D eigenvalue weighted by atomic mass is 32.2. The van der Waals surface area contributed by atoms with Crippen LogP contribution in [0.15, 0.2) is 29.2 Å². The standard InChI is InChI=1S/C16H25NS2/c1-18-15-8-6-14(7-9-15)12-17-13-16(19-2)10-4-3-5-11-16/h6-9,17H,3-5,10-13H2,1-2H3. The second kappa shape index (κ2) is 7.61. The van der Waals surface area contributed by atoms with Crippen LogP contribution in [0.2, 0.25) is 0 Å². The summed E-state index contributed by atoms with van der Waals surface area (Å²) < 4.78 is 0.497. The van der Waals surface area contributed by atoms with Crippen LogP contribution in [0.4, 0.5) is 0 Å². The lowest BCUT2D eigenvalue weighted by Crippen LogP contribution is -2.39. The summed E-state index contributed by atoms with van der Waals surface area (Å²) in [5.41, 5.74) is 1.39. The van der Waals surface area contributed by atoms with Crippen molar-refractivity contribution in [3.8, 4) is 0 Å². The molecule has 0 aromatic heterocycles. The lowest BCUT2D eigenvalue weighted by Gasteiger charge is -2.36. The molecule has 1 saturated carbocycles. The zero-order valence-corrected chi connectivity index (χ0v) is 13.7. The van der Waals surface area contributed by atoms with Crippen LogP contribution in [0.5, 0.6) is 0 Å². The van der Waals surface area contributed by atoms with Gasteiger partial charge in [0.1, 0.15) is 0 Å². The van der Waals surface area contributed by atoms with E-state index in [1.165, 1.54) is 42.6 Å². The quantitative estimate of drug-likeness (QED) is 0.772. The summed E-state index contributed by atoms with van der Waals surface area (Å²) in [7, 11) is 0. The molecule has 0 bridgehead atoms. The molecular formula is C16H25NS2. The van der Waals surface area contributed by atoms with Gasteiger partial charge in [-0.2, -0.15) is 11.8 Å². The Morgan fingerprint density at radius 2 is 1.74 bits per heavy atom. The van der Waals surface area contributed by atoms with Crippen molar-refractivity contribution >= 4 is 23.5 Å². The lowest BCUT2D eigenvalue weighted by molar-refractivity contribution is 0.379. The Balaban J connectivity index is 1.81. The lowest BCUT2D eigenvalue weighted by atomic mass is 9.88. The van der Waals surface area contributed by atoms with Crippen LogP contribution in [0, 0.1) is 0 Å². The molecule has 0 amide bonds. The molecule has 0 radical (unpaired) electrons. The van der Waals surface area contributed by atoms with Crippen LogP contribution in [0.1, 0.15) is 37.7 Å². The summed E-state index contributed by atoms with van der Waals surface area (Å²) in [4.78, 5) is 1.34. The van der Waals surface area contributed by atoms with Crippen LogP contribution >= 0.6 is 23.5 Å². The summed E-state index contributed by atoms with van der Waals surface area (Å²) >= 11 is 3.87. The topological polar surface area (TPSA) is 12.0 Å². The number of rotatable bonds is 6. The van der Waals surface area contributed by atoms with Gasteiger partial charge in [-0.15, -0.1) is 11.8 Å². The van der Waals surface area contributed by atoms with E-state index in [0.717, 1.165) is 13.1 Å². The molecule has 1 fully saturated rings. The van der Waals surface area contributed by atoms with E-state index >= 15 is 0 Å². The number of hydrogen-bond donors (Lipinski definition) is 1. The summed E-state index contributed by atoms with van der Waals surface area (Å²) in [6, 6.07) is 8.91. The average molecular weight is 296 g/mol. The SMILES string of the molecule is CSc1ccc(CNCC2(SC)CCCCC2)cc1. The van der Waals surface area contributed by atoms with Gasteiger partial charge in [0.05, 0.1) is 0 Å². The maximum absolute atomic E-state index is 3.67. The average Bonchev–Trinajstić information content (AvgIpc) is 2.49. The maximum atomic E-state index is 3.67. The maximum Gasteiger partial charge on any atom is 0.0281 e. The molecule has 0 unspecified atom stereocenters. The van der Waals surface area contributed by atoms with E-state index in [1.807, 2.05) is 0 Å². The van der Waals surface area contributed by atoms with Gasteiger partial charge >= 0.3 is 0 Å². The van der Waals surface area contributed by atoms with Gasteiger partial charge in [0.15, 0.2) is 0 Å².